The molecular formula is C21H22ClF3N2O3S. The maximum absolute atomic E-state index is 13.1. The smallest absolute Gasteiger partial charge is 0.348 e. The predicted octanol–water partition coefficient (Wildman–Crippen LogP) is 4.49. The van der Waals surface area contributed by atoms with Crippen molar-refractivity contribution in [2.75, 3.05) is 17.1 Å². The molecule has 10 heteroatoms. The van der Waals surface area contributed by atoms with Crippen LogP contribution in [-0.2, 0) is 33.8 Å². The van der Waals surface area contributed by atoms with Gasteiger partial charge in [0.15, 0.2) is 0 Å². The number of nitrogens with one attached hydrogen (secondary N) is 1. The van der Waals surface area contributed by atoms with E-state index in [0.29, 0.717) is 10.4 Å². The molecule has 2 aromatic carbocycles. The van der Waals surface area contributed by atoms with Gasteiger partial charge >= 0.3 is 6.18 Å². The van der Waals surface area contributed by atoms with E-state index in [1.807, 2.05) is 18.2 Å². The molecule has 1 aliphatic rings. The van der Waals surface area contributed by atoms with Crippen LogP contribution >= 0.6 is 11.6 Å². The highest BCUT2D eigenvalue weighted by Gasteiger charge is 2.33. The molecule has 0 unspecified atom stereocenters. The maximum Gasteiger partial charge on any atom is 0.416 e. The molecule has 3 rings (SSSR count). The van der Waals surface area contributed by atoms with E-state index in [0.717, 1.165) is 43.2 Å². The Hall–Kier alpha value is -2.26. The fraction of sp³-hybridized carbons (Fsp3) is 0.381. The Morgan fingerprint density at radius 1 is 1.16 bits per heavy atom. The Balaban J connectivity index is 1.81. The van der Waals surface area contributed by atoms with Gasteiger partial charge < -0.3 is 5.32 Å². The van der Waals surface area contributed by atoms with Crippen molar-refractivity contribution in [3.8, 4) is 0 Å². The molecule has 5 nitrogen and oxygen atoms in total. The number of carbonyl (C=O) groups excluding carboxylic acids is 1. The van der Waals surface area contributed by atoms with Crippen LogP contribution in [0, 0.1) is 0 Å². The summed E-state index contributed by atoms with van der Waals surface area (Å²) in [7, 11) is -4.09. The minimum absolute atomic E-state index is 0.210. The molecule has 0 saturated carbocycles. The Kier molecular flexibility index (Phi) is 6.57. The molecule has 0 radical (unpaired) electrons. The van der Waals surface area contributed by atoms with Gasteiger partial charge in [0.25, 0.3) is 0 Å². The summed E-state index contributed by atoms with van der Waals surface area (Å²) in [5.74, 6) is -0.660. The van der Waals surface area contributed by atoms with E-state index in [2.05, 4.69) is 5.32 Å². The summed E-state index contributed by atoms with van der Waals surface area (Å²) >= 11 is 5.98. The molecule has 1 atom stereocenters. The number of amides is 1. The summed E-state index contributed by atoms with van der Waals surface area (Å²) in [6.07, 6.45) is -0.800. The zero-order valence-electron chi connectivity index (χ0n) is 17.0. The molecule has 0 heterocycles. The van der Waals surface area contributed by atoms with Crippen molar-refractivity contribution >= 4 is 33.2 Å². The van der Waals surface area contributed by atoms with Gasteiger partial charge in [0.05, 0.1) is 28.6 Å². The maximum atomic E-state index is 13.1. The van der Waals surface area contributed by atoms with Crippen LogP contribution in [0.25, 0.3) is 0 Å². The molecule has 0 spiro atoms. The number of fused-ring (bicyclic) bond motifs is 1. The largest absolute Gasteiger partial charge is 0.416 e. The molecular weight excluding hydrogens is 453 g/mol. The SMILES string of the molecule is C[C@@H](NC(=O)CN(c1cc(C(F)(F)F)ccc1Cl)S(C)(=O)=O)c1ccc2c(c1)CCC2. The summed E-state index contributed by atoms with van der Waals surface area (Å²) < 4.78 is 64.4. The summed E-state index contributed by atoms with van der Waals surface area (Å²) in [5, 5.41) is 2.50. The van der Waals surface area contributed by atoms with Crippen molar-refractivity contribution in [2.45, 2.75) is 38.4 Å². The summed E-state index contributed by atoms with van der Waals surface area (Å²) in [4.78, 5) is 12.6. The van der Waals surface area contributed by atoms with Crippen LogP contribution in [0.5, 0.6) is 0 Å². The van der Waals surface area contributed by atoms with Gasteiger partial charge in [-0.1, -0.05) is 29.8 Å². The fourth-order valence-electron chi connectivity index (χ4n) is 3.62. The van der Waals surface area contributed by atoms with Crippen LogP contribution in [0.3, 0.4) is 0 Å². The number of sulfonamides is 1. The minimum Gasteiger partial charge on any atom is -0.348 e. The van der Waals surface area contributed by atoms with Gasteiger partial charge in [0, 0.05) is 0 Å². The normalized spacial score (nSPS) is 14.8. The number of halogens is 4. The first kappa shape index (κ1) is 23.4. The lowest BCUT2D eigenvalue weighted by atomic mass is 10.0. The van der Waals surface area contributed by atoms with Gasteiger partial charge in [-0.25, -0.2) is 8.42 Å². The van der Waals surface area contributed by atoms with Crippen molar-refractivity contribution in [1.29, 1.82) is 0 Å². The highest BCUT2D eigenvalue weighted by Crippen LogP contribution is 2.36. The van der Waals surface area contributed by atoms with E-state index >= 15 is 0 Å². The Morgan fingerprint density at radius 2 is 1.84 bits per heavy atom. The van der Waals surface area contributed by atoms with E-state index in [-0.39, 0.29) is 5.02 Å². The number of hydrogen-bond acceptors (Lipinski definition) is 3. The van der Waals surface area contributed by atoms with Gasteiger partial charge in [0.1, 0.15) is 6.54 Å². The average Bonchev–Trinajstić information content (AvgIpc) is 3.12. The quantitative estimate of drug-likeness (QED) is 0.670. The lowest BCUT2D eigenvalue weighted by Crippen LogP contribution is -2.41. The second-order valence-electron chi connectivity index (χ2n) is 7.60. The number of anilines is 1. The van der Waals surface area contributed by atoms with Gasteiger partial charge in [-0.05, 0) is 61.1 Å². The average molecular weight is 475 g/mol. The summed E-state index contributed by atoms with van der Waals surface area (Å²) in [5.41, 5.74) is 1.92. The third-order valence-corrected chi connectivity index (χ3v) is 6.68. The molecule has 168 valence electrons. The molecule has 1 amide bonds. The first-order valence-electron chi connectivity index (χ1n) is 9.62. The Bertz CT molecular complexity index is 1100. The highest BCUT2D eigenvalue weighted by atomic mass is 35.5. The first-order valence-corrected chi connectivity index (χ1v) is 11.8. The van der Waals surface area contributed by atoms with Gasteiger partial charge in [0.2, 0.25) is 15.9 Å². The lowest BCUT2D eigenvalue weighted by molar-refractivity contribution is -0.137. The molecule has 0 fully saturated rings. The van der Waals surface area contributed by atoms with E-state index < -0.39 is 45.9 Å². The number of aryl methyl sites for hydroxylation is 2. The number of rotatable bonds is 6. The third kappa shape index (κ3) is 5.51. The predicted molar refractivity (Wildman–Crippen MR) is 114 cm³/mol. The van der Waals surface area contributed by atoms with E-state index in [9.17, 15) is 26.4 Å². The number of alkyl halides is 3. The zero-order valence-corrected chi connectivity index (χ0v) is 18.5. The van der Waals surface area contributed by atoms with Crippen molar-refractivity contribution in [3.05, 3.63) is 63.7 Å². The fourth-order valence-corrected chi connectivity index (χ4v) is 4.75. The Labute approximate surface area is 184 Å². The van der Waals surface area contributed by atoms with Crippen LogP contribution in [-0.4, -0.2) is 27.1 Å². The van der Waals surface area contributed by atoms with Crippen molar-refractivity contribution in [2.24, 2.45) is 0 Å². The second-order valence-corrected chi connectivity index (χ2v) is 9.92. The minimum atomic E-state index is -4.69. The second kappa shape index (κ2) is 8.70. The summed E-state index contributed by atoms with van der Waals surface area (Å²) in [6, 6.07) is 7.88. The zero-order chi connectivity index (χ0) is 23.0. The molecule has 0 aromatic heterocycles. The van der Waals surface area contributed by atoms with Gasteiger partial charge in [-0.2, -0.15) is 13.2 Å². The third-order valence-electron chi connectivity index (χ3n) is 5.23. The topological polar surface area (TPSA) is 66.5 Å². The van der Waals surface area contributed by atoms with Crippen LogP contribution in [0.4, 0.5) is 18.9 Å². The van der Waals surface area contributed by atoms with Gasteiger partial charge in [-0.15, -0.1) is 0 Å². The molecule has 1 N–H and O–H groups in total. The standard InChI is InChI=1S/C21H22ClF3N2O3S/c1-13(15-7-6-14-4-3-5-16(14)10-15)26-20(28)12-27(31(2,29)30)19-11-17(21(23,24)25)8-9-18(19)22/h6-11,13H,3-5,12H2,1-2H3,(H,26,28)/t13-/m1/s1. The molecule has 0 aliphatic heterocycles. The number of carbonyl (C=O) groups is 1. The van der Waals surface area contributed by atoms with Crippen LogP contribution < -0.4 is 9.62 Å². The van der Waals surface area contributed by atoms with Crippen LogP contribution in [0.1, 0.15) is 41.6 Å². The molecule has 0 bridgehead atoms. The summed E-state index contributed by atoms with van der Waals surface area (Å²) in [6.45, 7) is 1.06. The number of benzene rings is 2. The van der Waals surface area contributed by atoms with Crippen molar-refractivity contribution < 1.29 is 26.4 Å². The highest BCUT2D eigenvalue weighted by molar-refractivity contribution is 7.92. The molecule has 0 saturated heterocycles. The molecule has 1 aliphatic carbocycles. The first-order chi connectivity index (χ1) is 14.4. The molecule has 31 heavy (non-hydrogen) atoms. The van der Waals surface area contributed by atoms with Crippen molar-refractivity contribution in [3.63, 3.8) is 0 Å². The van der Waals surface area contributed by atoms with E-state index in [1.54, 1.807) is 6.92 Å². The Morgan fingerprint density at radius 3 is 2.48 bits per heavy atom. The number of nitrogens with zero attached hydrogens (tertiary/aromatic N) is 1. The van der Waals surface area contributed by atoms with Crippen molar-refractivity contribution in [1.82, 2.24) is 5.32 Å². The molecule has 2 aromatic rings. The van der Waals surface area contributed by atoms with E-state index in [4.69, 9.17) is 11.6 Å². The lowest BCUT2D eigenvalue weighted by Gasteiger charge is -2.25. The van der Waals surface area contributed by atoms with Crippen LogP contribution in [0.2, 0.25) is 5.02 Å². The number of hydrogen-bond donors (Lipinski definition) is 1. The van der Waals surface area contributed by atoms with Gasteiger partial charge in [-0.3, -0.25) is 9.10 Å². The van der Waals surface area contributed by atoms with Crippen LogP contribution in [0.15, 0.2) is 36.4 Å². The van der Waals surface area contributed by atoms with E-state index in [1.165, 1.54) is 11.1 Å². The monoisotopic (exact) mass is 474 g/mol.